The fourth-order valence-corrected chi connectivity index (χ4v) is 3.71. The summed E-state index contributed by atoms with van der Waals surface area (Å²) in [6.45, 7) is 1.05. The van der Waals surface area contributed by atoms with E-state index >= 15 is 0 Å². The summed E-state index contributed by atoms with van der Waals surface area (Å²) in [5.74, 6) is 1.03. The van der Waals surface area contributed by atoms with Gasteiger partial charge in [0.2, 0.25) is 0 Å². The van der Waals surface area contributed by atoms with Crippen LogP contribution in [0.3, 0.4) is 0 Å². The van der Waals surface area contributed by atoms with E-state index in [1.807, 2.05) is 0 Å². The van der Waals surface area contributed by atoms with Crippen molar-refractivity contribution in [3.63, 3.8) is 0 Å². The number of ether oxygens (including phenoxy) is 1. The Kier molecular flexibility index (Phi) is 4.45. The Morgan fingerprint density at radius 2 is 1.81 bits per heavy atom. The van der Waals surface area contributed by atoms with Crippen LogP contribution < -0.4 is 9.64 Å². The van der Waals surface area contributed by atoms with Gasteiger partial charge in [-0.25, -0.2) is 0 Å². The van der Waals surface area contributed by atoms with Gasteiger partial charge in [-0.2, -0.15) is 0 Å². The quantitative estimate of drug-likeness (QED) is 0.910. The molecule has 1 aliphatic carbocycles. The van der Waals surface area contributed by atoms with E-state index in [0.717, 1.165) is 18.3 Å². The fourth-order valence-electron chi connectivity index (χ4n) is 3.71. The topological polar surface area (TPSA) is 13.7 Å². The van der Waals surface area contributed by atoms with Gasteiger partial charge in [-0.3, -0.25) is 0 Å². The molecule has 0 amide bonds. The van der Waals surface area contributed by atoms with Crippen molar-refractivity contribution >= 4 is 10.8 Å². The molecule has 1 aliphatic rings. The Hall–Kier alpha value is -1.54. The lowest BCUT2D eigenvalue weighted by Gasteiger charge is -2.29. The molecule has 1 atom stereocenters. The average Bonchev–Trinajstić information content (AvgIpc) is 2.56. The van der Waals surface area contributed by atoms with Crippen LogP contribution in [0.25, 0.3) is 10.8 Å². The van der Waals surface area contributed by atoms with E-state index in [4.69, 9.17) is 4.74 Å². The van der Waals surface area contributed by atoms with Crippen molar-refractivity contribution < 1.29 is 9.64 Å². The van der Waals surface area contributed by atoms with Gasteiger partial charge in [-0.1, -0.05) is 36.8 Å². The molecular weight excluding hydrogens is 258 g/mol. The number of rotatable bonds is 4. The van der Waals surface area contributed by atoms with Crippen molar-refractivity contribution in [3.05, 3.63) is 42.0 Å². The maximum atomic E-state index is 5.63. The second-order valence-electron chi connectivity index (χ2n) is 6.33. The smallest absolute Gasteiger partial charge is 0.128 e. The normalized spacial score (nSPS) is 17.8. The number of methoxy groups -OCH3 is 1. The first-order chi connectivity index (χ1) is 10.3. The molecule has 2 nitrogen and oxygen atoms in total. The number of hydrogen-bond donors (Lipinski definition) is 1. The molecule has 0 radical (unpaired) electrons. The molecule has 112 valence electrons. The second-order valence-corrected chi connectivity index (χ2v) is 6.33. The standard InChI is InChI=1S/C19H25NO/c1-20(16-9-4-3-5-10-16)14-18-17-11-7-6-8-15(17)12-13-19(18)21-2/h6-8,11-13,16H,3-5,9-10,14H2,1-2H3/p+1. The van der Waals surface area contributed by atoms with E-state index in [1.165, 1.54) is 48.4 Å². The van der Waals surface area contributed by atoms with E-state index in [1.54, 1.807) is 12.0 Å². The molecule has 2 aromatic rings. The summed E-state index contributed by atoms with van der Waals surface area (Å²) in [7, 11) is 4.13. The zero-order valence-electron chi connectivity index (χ0n) is 13.2. The lowest BCUT2D eigenvalue weighted by Crippen LogP contribution is -3.11. The van der Waals surface area contributed by atoms with Crippen molar-refractivity contribution in [1.82, 2.24) is 0 Å². The van der Waals surface area contributed by atoms with Crippen LogP contribution in [0.1, 0.15) is 37.7 Å². The number of benzene rings is 2. The maximum Gasteiger partial charge on any atom is 0.128 e. The average molecular weight is 284 g/mol. The first-order valence-corrected chi connectivity index (χ1v) is 8.16. The Bertz CT molecular complexity index is 602. The number of quaternary nitrogens is 1. The second kappa shape index (κ2) is 6.48. The summed E-state index contributed by atoms with van der Waals surface area (Å²) in [4.78, 5) is 1.63. The van der Waals surface area contributed by atoms with Crippen molar-refractivity contribution in [2.75, 3.05) is 14.2 Å². The van der Waals surface area contributed by atoms with Gasteiger partial charge >= 0.3 is 0 Å². The summed E-state index contributed by atoms with van der Waals surface area (Å²) in [6.07, 6.45) is 6.96. The van der Waals surface area contributed by atoms with Gasteiger partial charge in [0.1, 0.15) is 12.3 Å². The molecule has 1 unspecified atom stereocenters. The zero-order chi connectivity index (χ0) is 14.7. The molecule has 1 N–H and O–H groups in total. The third-order valence-corrected chi connectivity index (χ3v) is 4.98. The molecule has 0 bridgehead atoms. The molecule has 3 rings (SSSR count). The molecular formula is C19H26NO+. The highest BCUT2D eigenvalue weighted by Gasteiger charge is 2.23. The van der Waals surface area contributed by atoms with Crippen molar-refractivity contribution in [2.24, 2.45) is 0 Å². The molecule has 0 aromatic heterocycles. The zero-order valence-corrected chi connectivity index (χ0v) is 13.2. The Labute approximate surface area is 127 Å². The van der Waals surface area contributed by atoms with Gasteiger partial charge in [0.15, 0.2) is 0 Å². The molecule has 1 saturated carbocycles. The summed E-state index contributed by atoms with van der Waals surface area (Å²) >= 11 is 0. The largest absolute Gasteiger partial charge is 0.496 e. The fraction of sp³-hybridized carbons (Fsp3) is 0.474. The van der Waals surface area contributed by atoms with Crippen LogP contribution in [0.15, 0.2) is 36.4 Å². The highest BCUT2D eigenvalue weighted by Crippen LogP contribution is 2.27. The highest BCUT2D eigenvalue weighted by atomic mass is 16.5. The third-order valence-electron chi connectivity index (χ3n) is 4.98. The van der Waals surface area contributed by atoms with Crippen molar-refractivity contribution in [2.45, 2.75) is 44.7 Å². The first-order valence-electron chi connectivity index (χ1n) is 8.16. The minimum atomic E-state index is 0.808. The number of nitrogens with one attached hydrogen (secondary N) is 1. The van der Waals surface area contributed by atoms with Crippen LogP contribution in [0.4, 0.5) is 0 Å². The molecule has 0 heterocycles. The van der Waals surface area contributed by atoms with Crippen LogP contribution in [0.5, 0.6) is 5.75 Å². The molecule has 21 heavy (non-hydrogen) atoms. The lowest BCUT2D eigenvalue weighted by atomic mass is 9.94. The Morgan fingerprint density at radius 1 is 1.05 bits per heavy atom. The summed E-state index contributed by atoms with van der Waals surface area (Å²) in [6, 6.07) is 13.7. The molecule has 2 heteroatoms. The van der Waals surface area contributed by atoms with Gasteiger partial charge < -0.3 is 9.64 Å². The van der Waals surface area contributed by atoms with Crippen LogP contribution >= 0.6 is 0 Å². The van der Waals surface area contributed by atoms with E-state index in [-0.39, 0.29) is 0 Å². The van der Waals surface area contributed by atoms with Crippen LogP contribution in [0.2, 0.25) is 0 Å². The van der Waals surface area contributed by atoms with Gasteiger partial charge in [-0.05, 0) is 42.5 Å². The van der Waals surface area contributed by atoms with Crippen LogP contribution in [0, 0.1) is 0 Å². The van der Waals surface area contributed by atoms with E-state index in [0.29, 0.717) is 0 Å². The minimum absolute atomic E-state index is 0.808. The van der Waals surface area contributed by atoms with Crippen molar-refractivity contribution in [3.8, 4) is 5.75 Å². The molecule has 1 fully saturated rings. The minimum Gasteiger partial charge on any atom is -0.496 e. The van der Waals surface area contributed by atoms with Gasteiger partial charge in [0, 0.05) is 0 Å². The Balaban J connectivity index is 1.90. The predicted molar refractivity (Wildman–Crippen MR) is 88.0 cm³/mol. The predicted octanol–water partition coefficient (Wildman–Crippen LogP) is 3.20. The highest BCUT2D eigenvalue weighted by molar-refractivity contribution is 5.87. The van der Waals surface area contributed by atoms with E-state index in [9.17, 15) is 0 Å². The van der Waals surface area contributed by atoms with Crippen LogP contribution in [-0.4, -0.2) is 20.2 Å². The van der Waals surface area contributed by atoms with E-state index in [2.05, 4.69) is 43.4 Å². The Morgan fingerprint density at radius 3 is 2.57 bits per heavy atom. The first kappa shape index (κ1) is 14.4. The molecule has 0 saturated heterocycles. The third kappa shape index (κ3) is 3.06. The SMILES string of the molecule is COc1ccc2ccccc2c1C[NH+](C)C1CCCCC1. The maximum absolute atomic E-state index is 5.63. The summed E-state index contributed by atoms with van der Waals surface area (Å²) in [5, 5.41) is 2.65. The number of fused-ring (bicyclic) bond motifs is 1. The monoisotopic (exact) mass is 284 g/mol. The number of hydrogen-bond acceptors (Lipinski definition) is 1. The van der Waals surface area contributed by atoms with Gasteiger partial charge in [-0.15, -0.1) is 0 Å². The summed E-state index contributed by atoms with van der Waals surface area (Å²) in [5.41, 5.74) is 1.36. The van der Waals surface area contributed by atoms with E-state index < -0.39 is 0 Å². The lowest BCUT2D eigenvalue weighted by molar-refractivity contribution is -0.920. The molecule has 2 aromatic carbocycles. The van der Waals surface area contributed by atoms with Gasteiger partial charge in [0.05, 0.1) is 25.8 Å². The molecule has 0 aliphatic heterocycles. The van der Waals surface area contributed by atoms with Crippen LogP contribution in [-0.2, 0) is 6.54 Å². The van der Waals surface area contributed by atoms with Gasteiger partial charge in [0.25, 0.3) is 0 Å². The summed E-state index contributed by atoms with van der Waals surface area (Å²) < 4.78 is 5.63. The molecule has 0 spiro atoms. The van der Waals surface area contributed by atoms with Crippen molar-refractivity contribution in [1.29, 1.82) is 0 Å².